The first kappa shape index (κ1) is 13.2. The molecule has 98 valence electrons. The van der Waals surface area contributed by atoms with E-state index >= 15 is 0 Å². The van der Waals surface area contributed by atoms with Crippen LogP contribution in [0.5, 0.6) is 0 Å². The quantitative estimate of drug-likeness (QED) is 0.888. The Labute approximate surface area is 113 Å². The van der Waals surface area contributed by atoms with Crippen LogP contribution >= 0.6 is 11.6 Å². The predicted octanol–water partition coefficient (Wildman–Crippen LogP) is 3.53. The van der Waals surface area contributed by atoms with E-state index in [1.165, 1.54) is 0 Å². The molecule has 1 aliphatic heterocycles. The molecule has 0 saturated heterocycles. The first-order chi connectivity index (χ1) is 8.45. The maximum Gasteiger partial charge on any atom is 0.234 e. The van der Waals surface area contributed by atoms with Crippen LogP contribution < -0.4 is 10.2 Å². The molecule has 1 aromatic carbocycles. The van der Waals surface area contributed by atoms with Crippen molar-refractivity contribution in [3.05, 3.63) is 23.2 Å². The molecule has 1 heterocycles. The van der Waals surface area contributed by atoms with E-state index in [0.29, 0.717) is 11.6 Å². The van der Waals surface area contributed by atoms with Crippen molar-refractivity contribution in [1.82, 2.24) is 0 Å². The van der Waals surface area contributed by atoms with Crippen molar-refractivity contribution in [2.75, 3.05) is 23.3 Å². The second-order valence-electron chi connectivity index (χ2n) is 5.36. The monoisotopic (exact) mass is 266 g/mol. The molecule has 2 rings (SSSR count). The zero-order chi connectivity index (χ0) is 13.3. The lowest BCUT2D eigenvalue weighted by Gasteiger charge is -2.28. The highest BCUT2D eigenvalue weighted by molar-refractivity contribution is 6.31. The van der Waals surface area contributed by atoms with Gasteiger partial charge in [0.15, 0.2) is 0 Å². The number of hydrogen-bond acceptors (Lipinski definition) is 2. The van der Waals surface area contributed by atoms with E-state index in [1.807, 2.05) is 36.9 Å². The molecule has 0 atom stereocenters. The number of benzene rings is 1. The van der Waals surface area contributed by atoms with E-state index < -0.39 is 5.41 Å². The molecule has 0 radical (unpaired) electrons. The van der Waals surface area contributed by atoms with Gasteiger partial charge in [-0.3, -0.25) is 4.79 Å². The fourth-order valence-corrected chi connectivity index (χ4v) is 2.37. The number of hydrogen-bond donors (Lipinski definition) is 1. The third kappa shape index (κ3) is 2.32. The summed E-state index contributed by atoms with van der Waals surface area (Å²) in [4.78, 5) is 14.4. The van der Waals surface area contributed by atoms with Crippen molar-refractivity contribution >= 4 is 28.9 Å². The fraction of sp³-hybridized carbons (Fsp3) is 0.500. The molecule has 0 aliphatic carbocycles. The second kappa shape index (κ2) is 4.81. The van der Waals surface area contributed by atoms with Gasteiger partial charge in [-0.2, -0.15) is 0 Å². The van der Waals surface area contributed by atoms with Gasteiger partial charge in [0.1, 0.15) is 0 Å². The predicted molar refractivity (Wildman–Crippen MR) is 76.4 cm³/mol. The summed E-state index contributed by atoms with van der Waals surface area (Å²) < 4.78 is 0. The van der Waals surface area contributed by atoms with Crippen LogP contribution in [0.3, 0.4) is 0 Å². The number of fused-ring (bicyclic) bond motifs is 1. The number of nitrogens with zero attached hydrogens (tertiary/aromatic N) is 1. The average Bonchev–Trinajstić information content (AvgIpc) is 2.41. The lowest BCUT2D eigenvalue weighted by atomic mass is 9.92. The van der Waals surface area contributed by atoms with Gasteiger partial charge >= 0.3 is 0 Å². The largest absolute Gasteiger partial charge is 0.382 e. The summed E-state index contributed by atoms with van der Waals surface area (Å²) in [7, 11) is 0. The molecular weight excluding hydrogens is 248 g/mol. The SMILES string of the molecule is CCCN1C(=O)C(C)(C)CNc2cc(Cl)ccc21. The smallest absolute Gasteiger partial charge is 0.234 e. The van der Waals surface area contributed by atoms with Gasteiger partial charge in [-0.1, -0.05) is 18.5 Å². The summed E-state index contributed by atoms with van der Waals surface area (Å²) >= 11 is 6.02. The van der Waals surface area contributed by atoms with Gasteiger partial charge in [0.25, 0.3) is 0 Å². The molecule has 1 aliphatic rings. The highest BCUT2D eigenvalue weighted by Gasteiger charge is 2.35. The van der Waals surface area contributed by atoms with Crippen LogP contribution in [0.1, 0.15) is 27.2 Å². The fourth-order valence-electron chi connectivity index (χ4n) is 2.20. The van der Waals surface area contributed by atoms with Crippen molar-refractivity contribution in [2.45, 2.75) is 27.2 Å². The molecule has 4 heteroatoms. The number of halogens is 1. The van der Waals surface area contributed by atoms with E-state index in [9.17, 15) is 4.79 Å². The first-order valence-corrected chi connectivity index (χ1v) is 6.69. The molecule has 0 saturated carbocycles. The Morgan fingerprint density at radius 2 is 2.17 bits per heavy atom. The third-order valence-corrected chi connectivity index (χ3v) is 3.48. The highest BCUT2D eigenvalue weighted by atomic mass is 35.5. The van der Waals surface area contributed by atoms with Gasteiger partial charge in [-0.15, -0.1) is 0 Å². The minimum Gasteiger partial charge on any atom is -0.382 e. The van der Waals surface area contributed by atoms with Crippen molar-refractivity contribution in [2.24, 2.45) is 5.41 Å². The lowest BCUT2D eigenvalue weighted by molar-refractivity contribution is -0.125. The van der Waals surface area contributed by atoms with Crippen LogP contribution in [0.4, 0.5) is 11.4 Å². The topological polar surface area (TPSA) is 32.3 Å². The standard InChI is InChI=1S/C14H19ClN2O/c1-4-7-17-12-6-5-10(15)8-11(12)16-9-14(2,3)13(17)18/h5-6,8,16H,4,7,9H2,1-3H3. The second-order valence-corrected chi connectivity index (χ2v) is 5.79. The van der Waals surface area contributed by atoms with Gasteiger partial charge in [0.2, 0.25) is 5.91 Å². The lowest BCUT2D eigenvalue weighted by Crippen LogP contribution is -2.42. The number of anilines is 2. The summed E-state index contributed by atoms with van der Waals surface area (Å²) in [6.07, 6.45) is 0.934. The maximum atomic E-state index is 12.6. The molecule has 1 aromatic rings. The molecule has 3 nitrogen and oxygen atoms in total. The summed E-state index contributed by atoms with van der Waals surface area (Å²) in [6.45, 7) is 7.38. The summed E-state index contributed by atoms with van der Waals surface area (Å²) in [5.74, 6) is 0.165. The van der Waals surface area contributed by atoms with E-state index in [0.717, 1.165) is 24.3 Å². The molecule has 18 heavy (non-hydrogen) atoms. The zero-order valence-corrected chi connectivity index (χ0v) is 11.8. The molecule has 0 unspecified atom stereocenters. The minimum absolute atomic E-state index is 0.165. The molecule has 0 fully saturated rings. The summed E-state index contributed by atoms with van der Waals surface area (Å²) in [5, 5.41) is 4.01. The number of nitrogens with one attached hydrogen (secondary N) is 1. The molecule has 0 aromatic heterocycles. The molecular formula is C14H19ClN2O. The van der Waals surface area contributed by atoms with Crippen molar-refractivity contribution < 1.29 is 4.79 Å². The third-order valence-electron chi connectivity index (χ3n) is 3.24. The molecule has 0 spiro atoms. The van der Waals surface area contributed by atoms with E-state index in [2.05, 4.69) is 12.2 Å². The Morgan fingerprint density at radius 1 is 1.44 bits per heavy atom. The van der Waals surface area contributed by atoms with Crippen molar-refractivity contribution in [1.29, 1.82) is 0 Å². The van der Waals surface area contributed by atoms with Gasteiger partial charge < -0.3 is 10.2 Å². The Hall–Kier alpha value is -1.22. The molecule has 0 bridgehead atoms. The van der Waals surface area contributed by atoms with Crippen LogP contribution in [-0.2, 0) is 4.79 Å². The van der Waals surface area contributed by atoms with Crippen LogP contribution in [0.15, 0.2) is 18.2 Å². The Morgan fingerprint density at radius 3 is 2.83 bits per heavy atom. The number of amides is 1. The molecule has 1 amide bonds. The zero-order valence-electron chi connectivity index (χ0n) is 11.1. The van der Waals surface area contributed by atoms with Crippen molar-refractivity contribution in [3.8, 4) is 0 Å². The van der Waals surface area contributed by atoms with Gasteiger partial charge in [0.05, 0.1) is 16.8 Å². The Kier molecular flexibility index (Phi) is 3.53. The van der Waals surface area contributed by atoms with Gasteiger partial charge in [0, 0.05) is 18.1 Å². The number of carbonyl (C=O) groups excluding carboxylic acids is 1. The number of rotatable bonds is 2. The van der Waals surface area contributed by atoms with Gasteiger partial charge in [-0.25, -0.2) is 0 Å². The van der Waals surface area contributed by atoms with Crippen molar-refractivity contribution in [3.63, 3.8) is 0 Å². The van der Waals surface area contributed by atoms with E-state index in [-0.39, 0.29) is 5.91 Å². The van der Waals surface area contributed by atoms with Crippen LogP contribution in [0.2, 0.25) is 5.02 Å². The van der Waals surface area contributed by atoms with Crippen LogP contribution in [0, 0.1) is 5.41 Å². The Bertz CT molecular complexity index is 471. The summed E-state index contributed by atoms with van der Waals surface area (Å²) in [6, 6.07) is 5.63. The normalized spacial score (nSPS) is 18.0. The first-order valence-electron chi connectivity index (χ1n) is 6.31. The minimum atomic E-state index is -0.402. The van der Waals surface area contributed by atoms with E-state index in [1.54, 1.807) is 0 Å². The molecule has 1 N–H and O–H groups in total. The van der Waals surface area contributed by atoms with Gasteiger partial charge in [-0.05, 0) is 38.5 Å². The summed E-state index contributed by atoms with van der Waals surface area (Å²) in [5.41, 5.74) is 1.47. The highest BCUT2D eigenvalue weighted by Crippen LogP contribution is 2.36. The van der Waals surface area contributed by atoms with E-state index in [4.69, 9.17) is 11.6 Å². The number of carbonyl (C=O) groups is 1. The average molecular weight is 267 g/mol. The van der Waals surface area contributed by atoms with Crippen LogP contribution in [-0.4, -0.2) is 19.0 Å². The Balaban J connectivity index is 2.49. The maximum absolute atomic E-state index is 12.6. The van der Waals surface area contributed by atoms with Crippen LogP contribution in [0.25, 0.3) is 0 Å².